The van der Waals surface area contributed by atoms with Gasteiger partial charge < -0.3 is 14.2 Å². The molecule has 7 nitrogen and oxygen atoms in total. The molecule has 9 heteroatoms. The van der Waals surface area contributed by atoms with Gasteiger partial charge in [0, 0.05) is 28.8 Å². The van der Waals surface area contributed by atoms with Crippen molar-refractivity contribution in [1.82, 2.24) is 0 Å². The summed E-state index contributed by atoms with van der Waals surface area (Å²) in [6.45, 7) is 3.55. The number of rotatable bonds is 8. The molecule has 3 aromatic rings. The van der Waals surface area contributed by atoms with E-state index < -0.39 is 16.1 Å². The molecule has 1 N–H and O–H groups in total. The summed E-state index contributed by atoms with van der Waals surface area (Å²) >= 11 is 6.06. The van der Waals surface area contributed by atoms with Crippen LogP contribution in [0.3, 0.4) is 0 Å². The van der Waals surface area contributed by atoms with Gasteiger partial charge in [0.25, 0.3) is 0 Å². The number of hydrogen-bond donors (Lipinski definition) is 1. The summed E-state index contributed by atoms with van der Waals surface area (Å²) in [6.07, 6.45) is 0. The molecule has 0 radical (unpaired) electrons. The SMILES string of the molecule is CC(C)C(=O)Nc1ccc(C(=O)Oc2cc(Cl)cc(OS(=O)(=O)Cc3ccccc3)c2)cc1. The zero-order chi connectivity index (χ0) is 24.0. The number of halogens is 1. The Balaban J connectivity index is 1.69. The average Bonchev–Trinajstić information content (AvgIpc) is 2.73. The predicted octanol–water partition coefficient (Wildman–Crippen LogP) is 5.06. The minimum atomic E-state index is -3.96. The third kappa shape index (κ3) is 7.34. The highest BCUT2D eigenvalue weighted by Crippen LogP contribution is 2.28. The maximum Gasteiger partial charge on any atom is 0.343 e. The second-order valence-corrected chi connectivity index (χ2v) is 9.51. The van der Waals surface area contributed by atoms with Crippen LogP contribution in [0.4, 0.5) is 5.69 Å². The quantitative estimate of drug-likeness (QED) is 0.271. The standard InChI is InChI=1S/C24H22ClNO6S/c1-16(2)23(27)26-20-10-8-18(9-11-20)24(28)31-21-12-19(25)13-22(14-21)32-33(29,30)15-17-6-4-3-5-7-17/h3-14,16H,15H2,1-2H3,(H,26,27). The van der Waals surface area contributed by atoms with Crippen molar-refractivity contribution in [2.24, 2.45) is 5.92 Å². The third-order valence-corrected chi connectivity index (χ3v) is 5.73. The molecule has 0 unspecified atom stereocenters. The Morgan fingerprint density at radius 2 is 1.58 bits per heavy atom. The summed E-state index contributed by atoms with van der Waals surface area (Å²) in [5.41, 5.74) is 1.35. The molecule has 0 saturated heterocycles. The smallest absolute Gasteiger partial charge is 0.343 e. The van der Waals surface area contributed by atoms with Gasteiger partial charge in [-0.1, -0.05) is 55.8 Å². The molecule has 0 spiro atoms. The molecule has 33 heavy (non-hydrogen) atoms. The Labute approximate surface area is 197 Å². The maximum atomic E-state index is 12.5. The molecule has 0 heterocycles. The van der Waals surface area contributed by atoms with Crippen LogP contribution in [0, 0.1) is 5.92 Å². The van der Waals surface area contributed by atoms with Crippen molar-refractivity contribution in [1.29, 1.82) is 0 Å². The first-order valence-corrected chi connectivity index (χ1v) is 12.0. The Kier molecular flexibility index (Phi) is 7.73. The van der Waals surface area contributed by atoms with Crippen LogP contribution < -0.4 is 14.2 Å². The molecule has 1 amide bonds. The average molecular weight is 488 g/mol. The number of anilines is 1. The maximum absolute atomic E-state index is 12.5. The molecule has 0 saturated carbocycles. The second kappa shape index (κ2) is 10.5. The van der Waals surface area contributed by atoms with Crippen LogP contribution in [0.2, 0.25) is 5.02 Å². The Morgan fingerprint density at radius 1 is 0.939 bits per heavy atom. The van der Waals surface area contributed by atoms with Gasteiger partial charge >= 0.3 is 16.1 Å². The van der Waals surface area contributed by atoms with Crippen molar-refractivity contribution < 1.29 is 26.9 Å². The van der Waals surface area contributed by atoms with E-state index in [1.54, 1.807) is 56.3 Å². The number of amides is 1. The number of carbonyl (C=O) groups is 2. The molecule has 0 atom stereocenters. The summed E-state index contributed by atoms with van der Waals surface area (Å²) < 4.78 is 35.2. The molecule has 0 aliphatic rings. The van der Waals surface area contributed by atoms with E-state index in [0.29, 0.717) is 11.3 Å². The number of carbonyl (C=O) groups excluding carboxylic acids is 2. The molecule has 0 aliphatic heterocycles. The van der Waals surface area contributed by atoms with Crippen LogP contribution in [-0.2, 0) is 20.7 Å². The van der Waals surface area contributed by atoms with Crippen molar-refractivity contribution in [2.75, 3.05) is 5.32 Å². The van der Waals surface area contributed by atoms with Crippen molar-refractivity contribution >= 4 is 39.3 Å². The summed E-state index contributed by atoms with van der Waals surface area (Å²) in [5.74, 6) is -1.38. The van der Waals surface area contributed by atoms with E-state index >= 15 is 0 Å². The largest absolute Gasteiger partial charge is 0.423 e. The normalized spacial score (nSPS) is 11.2. The molecular weight excluding hydrogens is 466 g/mol. The molecule has 172 valence electrons. The second-order valence-electron chi connectivity index (χ2n) is 7.50. The van der Waals surface area contributed by atoms with Gasteiger partial charge in [-0.05, 0) is 35.9 Å². The van der Waals surface area contributed by atoms with Crippen LogP contribution in [0.25, 0.3) is 0 Å². The number of esters is 1. The molecule has 0 aliphatic carbocycles. The van der Waals surface area contributed by atoms with E-state index in [1.165, 1.54) is 30.3 Å². The van der Waals surface area contributed by atoms with Crippen molar-refractivity contribution in [2.45, 2.75) is 19.6 Å². The lowest BCUT2D eigenvalue weighted by Gasteiger charge is -2.11. The van der Waals surface area contributed by atoms with E-state index in [9.17, 15) is 18.0 Å². The van der Waals surface area contributed by atoms with Gasteiger partial charge in [0.05, 0.1) is 5.56 Å². The van der Waals surface area contributed by atoms with Gasteiger partial charge in [-0.2, -0.15) is 8.42 Å². The monoisotopic (exact) mass is 487 g/mol. The van der Waals surface area contributed by atoms with E-state index in [1.807, 2.05) is 0 Å². The molecular formula is C24H22ClNO6S. The van der Waals surface area contributed by atoms with Crippen LogP contribution in [0.1, 0.15) is 29.8 Å². The third-order valence-electron chi connectivity index (χ3n) is 4.38. The molecule has 3 rings (SSSR count). The van der Waals surface area contributed by atoms with Crippen LogP contribution >= 0.6 is 11.6 Å². The first-order chi connectivity index (χ1) is 15.6. The fourth-order valence-corrected chi connectivity index (χ4v) is 4.00. The number of hydrogen-bond acceptors (Lipinski definition) is 6. The van der Waals surface area contributed by atoms with E-state index in [4.69, 9.17) is 20.5 Å². The van der Waals surface area contributed by atoms with Crippen LogP contribution in [0.5, 0.6) is 11.5 Å². The number of nitrogens with one attached hydrogen (secondary N) is 1. The van der Waals surface area contributed by atoms with Gasteiger partial charge in [-0.25, -0.2) is 4.79 Å². The lowest BCUT2D eigenvalue weighted by atomic mass is 10.1. The highest BCUT2D eigenvalue weighted by Gasteiger charge is 2.17. The zero-order valence-corrected chi connectivity index (χ0v) is 19.5. The van der Waals surface area contributed by atoms with Crippen molar-refractivity contribution in [3.63, 3.8) is 0 Å². The summed E-state index contributed by atoms with van der Waals surface area (Å²) in [6, 6.07) is 18.7. The Morgan fingerprint density at radius 3 is 2.21 bits per heavy atom. The van der Waals surface area contributed by atoms with Crippen LogP contribution in [0.15, 0.2) is 72.8 Å². The van der Waals surface area contributed by atoms with Gasteiger partial charge in [-0.15, -0.1) is 0 Å². The predicted molar refractivity (Wildman–Crippen MR) is 126 cm³/mol. The fraction of sp³-hybridized carbons (Fsp3) is 0.167. The van der Waals surface area contributed by atoms with Gasteiger partial charge in [0.2, 0.25) is 5.91 Å². The van der Waals surface area contributed by atoms with E-state index in [2.05, 4.69) is 5.32 Å². The van der Waals surface area contributed by atoms with Gasteiger partial charge in [0.1, 0.15) is 17.3 Å². The highest BCUT2D eigenvalue weighted by molar-refractivity contribution is 7.86. The van der Waals surface area contributed by atoms with Crippen molar-refractivity contribution in [3.8, 4) is 11.5 Å². The number of benzene rings is 3. The van der Waals surface area contributed by atoms with Crippen LogP contribution in [-0.4, -0.2) is 20.3 Å². The van der Waals surface area contributed by atoms with Crippen molar-refractivity contribution in [3.05, 3.63) is 88.9 Å². The molecule has 0 fully saturated rings. The molecule has 3 aromatic carbocycles. The lowest BCUT2D eigenvalue weighted by molar-refractivity contribution is -0.118. The minimum Gasteiger partial charge on any atom is -0.423 e. The highest BCUT2D eigenvalue weighted by atomic mass is 35.5. The summed E-state index contributed by atoms with van der Waals surface area (Å²) in [5, 5.41) is 2.87. The first kappa shape index (κ1) is 24.3. The first-order valence-electron chi connectivity index (χ1n) is 10.0. The molecule has 0 bridgehead atoms. The Hall–Kier alpha value is -3.36. The van der Waals surface area contributed by atoms with Gasteiger partial charge in [-0.3, -0.25) is 4.79 Å². The topological polar surface area (TPSA) is 98.8 Å². The minimum absolute atomic E-state index is 0.0228. The van der Waals surface area contributed by atoms with E-state index in [0.717, 1.165) is 0 Å². The fourth-order valence-electron chi connectivity index (χ4n) is 2.74. The van der Waals surface area contributed by atoms with Gasteiger partial charge in [0.15, 0.2) is 0 Å². The zero-order valence-electron chi connectivity index (χ0n) is 17.9. The number of ether oxygens (including phenoxy) is 1. The molecule has 0 aromatic heterocycles. The van der Waals surface area contributed by atoms with E-state index in [-0.39, 0.29) is 39.7 Å². The lowest BCUT2D eigenvalue weighted by Crippen LogP contribution is -2.17. The summed E-state index contributed by atoms with van der Waals surface area (Å²) in [4.78, 5) is 24.3. The summed E-state index contributed by atoms with van der Waals surface area (Å²) in [7, 11) is -3.96. The Bertz CT molecular complexity index is 1240.